The van der Waals surface area contributed by atoms with Crippen LogP contribution in [0.1, 0.15) is 5.56 Å². The Kier molecular flexibility index (Phi) is 3.67. The lowest BCUT2D eigenvalue weighted by molar-refractivity contribution is 0.692. The Balaban J connectivity index is 1.44. The molecule has 0 unspecified atom stereocenters. The molecule has 0 aliphatic rings. The highest BCUT2D eigenvalue weighted by molar-refractivity contribution is 5.84. The van der Waals surface area contributed by atoms with Crippen LogP contribution in [0.15, 0.2) is 79.4 Å². The van der Waals surface area contributed by atoms with Gasteiger partial charge in [0.1, 0.15) is 5.52 Å². The first-order chi connectivity index (χ1) is 14.8. The van der Waals surface area contributed by atoms with Crippen molar-refractivity contribution in [2.24, 2.45) is 0 Å². The van der Waals surface area contributed by atoms with Crippen LogP contribution >= 0.6 is 0 Å². The van der Waals surface area contributed by atoms with Crippen LogP contribution in [-0.4, -0.2) is 40.0 Å². The summed E-state index contributed by atoms with van der Waals surface area (Å²) in [5.41, 5.74) is 6.83. The van der Waals surface area contributed by atoms with E-state index in [-0.39, 0.29) is 0 Å². The summed E-state index contributed by atoms with van der Waals surface area (Å²) in [6.07, 6.45) is 7.26. The van der Waals surface area contributed by atoms with Crippen LogP contribution in [0.4, 0.5) is 0 Å². The Morgan fingerprint density at radius 2 is 1.93 bits per heavy atom. The summed E-state index contributed by atoms with van der Waals surface area (Å²) in [5, 5.41) is 21.4. The lowest BCUT2D eigenvalue weighted by Crippen LogP contribution is -2.04. The van der Waals surface area contributed by atoms with Crippen molar-refractivity contribution in [3.63, 3.8) is 0 Å². The molecule has 144 valence electrons. The van der Waals surface area contributed by atoms with E-state index in [1.807, 2.05) is 64.2 Å². The Labute approximate surface area is 170 Å². The third-order valence-electron chi connectivity index (χ3n) is 5.18. The first kappa shape index (κ1) is 16.6. The van der Waals surface area contributed by atoms with Crippen molar-refractivity contribution in [1.29, 1.82) is 0 Å². The molecule has 0 aliphatic carbocycles. The number of pyridine rings is 1. The van der Waals surface area contributed by atoms with Crippen LogP contribution in [0.5, 0.6) is 0 Å². The quantitative estimate of drug-likeness (QED) is 0.495. The molecule has 0 atom stereocenters. The molecule has 0 aliphatic heterocycles. The summed E-state index contributed by atoms with van der Waals surface area (Å²) in [7, 11) is 0. The third kappa shape index (κ3) is 2.74. The average Bonchev–Trinajstić information content (AvgIpc) is 3.52. The number of fused-ring (bicyclic) bond motifs is 2. The smallest absolute Gasteiger partial charge is 0.113 e. The minimum absolute atomic E-state index is 0.655. The predicted molar refractivity (Wildman–Crippen MR) is 113 cm³/mol. The van der Waals surface area contributed by atoms with Gasteiger partial charge in [-0.3, -0.25) is 14.8 Å². The van der Waals surface area contributed by atoms with Crippen LogP contribution in [0.3, 0.4) is 0 Å². The zero-order valence-electron chi connectivity index (χ0n) is 15.8. The first-order valence-electron chi connectivity index (χ1n) is 9.55. The summed E-state index contributed by atoms with van der Waals surface area (Å²) in [4.78, 5) is 4.20. The van der Waals surface area contributed by atoms with E-state index in [0.29, 0.717) is 6.54 Å². The molecule has 0 radical (unpaired) electrons. The van der Waals surface area contributed by atoms with Crippen LogP contribution in [0, 0.1) is 0 Å². The van der Waals surface area contributed by atoms with Crippen molar-refractivity contribution in [2.45, 2.75) is 6.54 Å². The molecule has 8 heteroatoms. The number of nitrogens with one attached hydrogen (secondary N) is 1. The number of H-pyrrole nitrogens is 1. The first-order valence-corrected chi connectivity index (χ1v) is 9.55. The normalized spacial score (nSPS) is 11.5. The predicted octanol–water partition coefficient (Wildman–Crippen LogP) is 3.60. The van der Waals surface area contributed by atoms with Gasteiger partial charge in [-0.05, 0) is 48.0 Å². The third-order valence-corrected chi connectivity index (χ3v) is 5.18. The van der Waals surface area contributed by atoms with Gasteiger partial charge in [0, 0.05) is 29.5 Å². The van der Waals surface area contributed by atoms with Crippen molar-refractivity contribution in [2.75, 3.05) is 0 Å². The fourth-order valence-electron chi connectivity index (χ4n) is 3.69. The molecule has 1 N–H and O–H groups in total. The molecule has 8 nitrogen and oxygen atoms in total. The fourth-order valence-corrected chi connectivity index (χ4v) is 3.69. The Hall–Kier alpha value is -4.33. The zero-order chi connectivity index (χ0) is 19.9. The van der Waals surface area contributed by atoms with E-state index in [2.05, 4.69) is 42.7 Å². The maximum atomic E-state index is 4.50. The maximum absolute atomic E-state index is 4.50. The number of hydrogen-bond donors (Lipinski definition) is 1. The van der Waals surface area contributed by atoms with E-state index in [4.69, 9.17) is 0 Å². The monoisotopic (exact) mass is 392 g/mol. The summed E-state index contributed by atoms with van der Waals surface area (Å²) in [5.74, 6) is 0. The van der Waals surface area contributed by atoms with Crippen molar-refractivity contribution < 1.29 is 0 Å². The molecule has 4 aromatic heterocycles. The number of hydrogen-bond acceptors (Lipinski definition) is 5. The molecule has 6 aromatic rings. The van der Waals surface area contributed by atoms with Crippen molar-refractivity contribution in [3.05, 3.63) is 84.9 Å². The Morgan fingerprint density at radius 1 is 0.933 bits per heavy atom. The molecule has 6 rings (SSSR count). The van der Waals surface area contributed by atoms with Crippen LogP contribution < -0.4 is 0 Å². The Morgan fingerprint density at radius 3 is 2.87 bits per heavy atom. The molecule has 4 heterocycles. The number of benzene rings is 2. The van der Waals surface area contributed by atoms with E-state index in [9.17, 15) is 0 Å². The fraction of sp³-hybridized carbons (Fsp3) is 0.0455. The van der Waals surface area contributed by atoms with Crippen LogP contribution in [0.25, 0.3) is 38.9 Å². The van der Waals surface area contributed by atoms with Crippen molar-refractivity contribution >= 4 is 21.9 Å². The molecule has 0 bridgehead atoms. The zero-order valence-corrected chi connectivity index (χ0v) is 15.8. The molecular weight excluding hydrogens is 376 g/mol. The SMILES string of the molecule is c1cncc(Cn2nccc2-c2ccc3nnn(-c4ccc5cn[nH]c5c4)c3c2)c1. The van der Waals surface area contributed by atoms with Crippen LogP contribution in [-0.2, 0) is 6.54 Å². The number of nitrogens with zero attached hydrogens (tertiary/aromatic N) is 7. The number of rotatable bonds is 4. The largest absolute Gasteiger partial charge is 0.278 e. The minimum atomic E-state index is 0.655. The Bertz CT molecular complexity index is 1480. The van der Waals surface area contributed by atoms with Gasteiger partial charge in [0.2, 0.25) is 0 Å². The number of aromatic amines is 1. The highest BCUT2D eigenvalue weighted by Gasteiger charge is 2.12. The van der Waals surface area contributed by atoms with Crippen LogP contribution in [0.2, 0.25) is 0 Å². The van der Waals surface area contributed by atoms with E-state index >= 15 is 0 Å². The van der Waals surface area contributed by atoms with Gasteiger partial charge in [-0.2, -0.15) is 10.2 Å². The second-order valence-electron chi connectivity index (χ2n) is 7.08. The van der Waals surface area contributed by atoms with Gasteiger partial charge in [0.15, 0.2) is 0 Å². The molecule has 0 spiro atoms. The molecule has 0 saturated heterocycles. The van der Waals surface area contributed by atoms with E-state index < -0.39 is 0 Å². The minimum Gasteiger partial charge on any atom is -0.278 e. The van der Waals surface area contributed by atoms with Gasteiger partial charge < -0.3 is 0 Å². The summed E-state index contributed by atoms with van der Waals surface area (Å²) in [6, 6.07) is 18.2. The molecule has 0 amide bonds. The molecule has 0 saturated carbocycles. The summed E-state index contributed by atoms with van der Waals surface area (Å²) in [6.45, 7) is 0.655. The van der Waals surface area contributed by atoms with E-state index in [0.717, 1.165) is 44.4 Å². The van der Waals surface area contributed by atoms with Gasteiger partial charge >= 0.3 is 0 Å². The standard InChI is InChI=1S/C22H16N8/c1-2-15(12-23-8-1)14-29-21(7-9-25-29)16-4-6-19-22(10-16)30(28-27-19)18-5-3-17-13-24-26-20(17)11-18/h1-13H,14H2,(H,24,26). The molecule has 0 fully saturated rings. The van der Waals surface area contributed by atoms with Crippen molar-refractivity contribution in [3.8, 4) is 16.9 Å². The maximum Gasteiger partial charge on any atom is 0.113 e. The topological polar surface area (TPSA) is 90.1 Å². The highest BCUT2D eigenvalue weighted by Crippen LogP contribution is 2.26. The second-order valence-corrected chi connectivity index (χ2v) is 7.08. The average molecular weight is 392 g/mol. The molecular formula is C22H16N8. The van der Waals surface area contributed by atoms with E-state index in [1.54, 1.807) is 12.4 Å². The molecule has 30 heavy (non-hydrogen) atoms. The van der Waals surface area contributed by atoms with Gasteiger partial charge in [0.05, 0.1) is 35.2 Å². The lowest BCUT2D eigenvalue weighted by atomic mass is 10.1. The summed E-state index contributed by atoms with van der Waals surface area (Å²) < 4.78 is 3.82. The second kappa shape index (κ2) is 6.63. The van der Waals surface area contributed by atoms with Gasteiger partial charge in [-0.15, -0.1) is 5.10 Å². The summed E-state index contributed by atoms with van der Waals surface area (Å²) >= 11 is 0. The molecule has 2 aromatic carbocycles. The highest BCUT2D eigenvalue weighted by atomic mass is 15.4. The lowest BCUT2D eigenvalue weighted by Gasteiger charge is -2.08. The van der Waals surface area contributed by atoms with E-state index in [1.165, 1.54) is 0 Å². The van der Waals surface area contributed by atoms with Gasteiger partial charge in [-0.1, -0.05) is 17.3 Å². The van der Waals surface area contributed by atoms with Gasteiger partial charge in [0.25, 0.3) is 0 Å². The number of aromatic nitrogens is 8. The van der Waals surface area contributed by atoms with Gasteiger partial charge in [-0.25, -0.2) is 4.68 Å². The van der Waals surface area contributed by atoms with Crippen molar-refractivity contribution in [1.82, 2.24) is 40.0 Å².